The van der Waals surface area contributed by atoms with E-state index in [4.69, 9.17) is 5.11 Å². The van der Waals surface area contributed by atoms with Gasteiger partial charge in [0.2, 0.25) is 5.89 Å². The van der Waals surface area contributed by atoms with Crippen LogP contribution in [0, 0.1) is 0 Å². The standard InChI is InChI=1S/C10H12F6N2O3/c1-5(7(19)10(14,15)16)8-17-6(18-21-8)2-3-20-4-9(11,12)13/h5,7,19H,2-4H2,1H3. The normalized spacial score (nSPS) is 16.0. The van der Waals surface area contributed by atoms with Crippen molar-refractivity contribution >= 4 is 0 Å². The first-order valence-electron chi connectivity index (χ1n) is 5.72. The van der Waals surface area contributed by atoms with Crippen molar-refractivity contribution in [2.75, 3.05) is 13.2 Å². The van der Waals surface area contributed by atoms with E-state index < -0.39 is 36.9 Å². The number of halogens is 6. The number of rotatable bonds is 6. The van der Waals surface area contributed by atoms with Crippen molar-refractivity contribution in [3.8, 4) is 0 Å². The van der Waals surface area contributed by atoms with E-state index in [1.54, 1.807) is 0 Å². The van der Waals surface area contributed by atoms with Crippen molar-refractivity contribution in [1.29, 1.82) is 0 Å². The van der Waals surface area contributed by atoms with Crippen molar-refractivity contribution < 1.29 is 40.7 Å². The molecule has 0 saturated heterocycles. The van der Waals surface area contributed by atoms with Crippen LogP contribution < -0.4 is 0 Å². The molecule has 0 amide bonds. The van der Waals surface area contributed by atoms with Crippen LogP contribution in [-0.4, -0.2) is 46.9 Å². The molecule has 0 bridgehead atoms. The molecule has 2 atom stereocenters. The van der Waals surface area contributed by atoms with Crippen LogP contribution >= 0.6 is 0 Å². The first kappa shape index (κ1) is 17.7. The highest BCUT2D eigenvalue weighted by Crippen LogP contribution is 2.30. The average molecular weight is 322 g/mol. The van der Waals surface area contributed by atoms with Crippen LogP contribution in [0.15, 0.2) is 4.52 Å². The molecule has 0 aliphatic heterocycles. The van der Waals surface area contributed by atoms with Crippen molar-refractivity contribution in [3.63, 3.8) is 0 Å². The van der Waals surface area contributed by atoms with Crippen LogP contribution in [0.25, 0.3) is 0 Å². The Kier molecular flexibility index (Phi) is 5.56. The summed E-state index contributed by atoms with van der Waals surface area (Å²) in [4.78, 5) is 3.58. The highest BCUT2D eigenvalue weighted by atomic mass is 19.4. The SMILES string of the molecule is CC(c1nc(CCOCC(F)(F)F)no1)C(O)C(F)(F)F. The topological polar surface area (TPSA) is 68.4 Å². The van der Waals surface area contributed by atoms with Gasteiger partial charge in [0, 0.05) is 6.42 Å². The fraction of sp³-hybridized carbons (Fsp3) is 0.800. The van der Waals surface area contributed by atoms with E-state index in [1.165, 1.54) is 0 Å². The van der Waals surface area contributed by atoms with Gasteiger partial charge in [0.05, 0.1) is 12.5 Å². The molecule has 0 spiro atoms. The molecule has 1 aromatic rings. The summed E-state index contributed by atoms with van der Waals surface area (Å²) in [6, 6.07) is 0. The Morgan fingerprint density at radius 1 is 1.24 bits per heavy atom. The van der Waals surface area contributed by atoms with Gasteiger partial charge in [-0.25, -0.2) is 0 Å². The second-order valence-corrected chi connectivity index (χ2v) is 4.24. The molecule has 1 aromatic heterocycles. The van der Waals surface area contributed by atoms with Crippen molar-refractivity contribution in [2.24, 2.45) is 0 Å². The van der Waals surface area contributed by atoms with Gasteiger partial charge in [0.25, 0.3) is 0 Å². The third kappa shape index (κ3) is 5.87. The minimum atomic E-state index is -4.84. The van der Waals surface area contributed by atoms with Gasteiger partial charge in [-0.15, -0.1) is 0 Å². The number of hydrogen-bond acceptors (Lipinski definition) is 5. The summed E-state index contributed by atoms with van der Waals surface area (Å²) in [5.41, 5.74) is 0. The predicted molar refractivity (Wildman–Crippen MR) is 55.4 cm³/mol. The number of hydrogen-bond donors (Lipinski definition) is 1. The summed E-state index contributed by atoms with van der Waals surface area (Å²) in [5.74, 6) is -2.04. The molecule has 0 radical (unpaired) electrons. The van der Waals surface area contributed by atoms with E-state index in [0.717, 1.165) is 6.92 Å². The van der Waals surface area contributed by atoms with Crippen molar-refractivity contribution in [3.05, 3.63) is 11.7 Å². The maximum atomic E-state index is 12.3. The first-order chi connectivity index (χ1) is 9.50. The summed E-state index contributed by atoms with van der Waals surface area (Å²) in [6.45, 7) is -0.773. The van der Waals surface area contributed by atoms with E-state index in [0.29, 0.717) is 0 Å². The van der Waals surface area contributed by atoms with Gasteiger partial charge in [0.1, 0.15) is 6.61 Å². The molecular formula is C10H12F6N2O3. The van der Waals surface area contributed by atoms with Crippen LogP contribution in [-0.2, 0) is 11.2 Å². The van der Waals surface area contributed by atoms with E-state index >= 15 is 0 Å². The lowest BCUT2D eigenvalue weighted by Crippen LogP contribution is -2.33. The fourth-order valence-electron chi connectivity index (χ4n) is 1.32. The van der Waals surface area contributed by atoms with E-state index in [1.807, 2.05) is 0 Å². The molecule has 1 N–H and O–H groups in total. The number of ether oxygens (including phenoxy) is 1. The van der Waals surface area contributed by atoms with Gasteiger partial charge in [-0.3, -0.25) is 0 Å². The Balaban J connectivity index is 2.50. The average Bonchev–Trinajstić information content (AvgIpc) is 2.79. The Labute approximate surface area is 114 Å². The zero-order chi connectivity index (χ0) is 16.3. The van der Waals surface area contributed by atoms with Gasteiger partial charge < -0.3 is 14.4 Å². The van der Waals surface area contributed by atoms with Crippen LogP contribution in [0.3, 0.4) is 0 Å². The molecule has 0 fully saturated rings. The summed E-state index contributed by atoms with van der Waals surface area (Å²) < 4.78 is 81.0. The van der Waals surface area contributed by atoms with Crippen LogP contribution in [0.2, 0.25) is 0 Å². The summed E-state index contributed by atoms with van der Waals surface area (Å²) in [6.07, 6.45) is -12.1. The molecule has 1 heterocycles. The maximum absolute atomic E-state index is 12.3. The van der Waals surface area contributed by atoms with Crippen LogP contribution in [0.4, 0.5) is 26.3 Å². The minimum Gasteiger partial charge on any atom is -0.383 e. The highest BCUT2D eigenvalue weighted by molar-refractivity contribution is 4.97. The zero-order valence-corrected chi connectivity index (χ0v) is 10.7. The first-order valence-corrected chi connectivity index (χ1v) is 5.72. The lowest BCUT2D eigenvalue weighted by Gasteiger charge is -2.17. The molecule has 0 aliphatic rings. The lowest BCUT2D eigenvalue weighted by atomic mass is 10.1. The van der Waals surface area contributed by atoms with E-state index in [9.17, 15) is 26.3 Å². The largest absolute Gasteiger partial charge is 0.415 e. The highest BCUT2D eigenvalue weighted by Gasteiger charge is 2.44. The molecule has 5 nitrogen and oxygen atoms in total. The molecule has 1 rings (SSSR count). The molecular weight excluding hydrogens is 310 g/mol. The Bertz CT molecular complexity index is 445. The molecule has 122 valence electrons. The molecule has 21 heavy (non-hydrogen) atoms. The predicted octanol–water partition coefficient (Wildman–Crippen LogP) is 2.22. The van der Waals surface area contributed by atoms with Crippen molar-refractivity contribution in [1.82, 2.24) is 10.1 Å². The van der Waals surface area contributed by atoms with Crippen LogP contribution in [0.1, 0.15) is 24.6 Å². The van der Waals surface area contributed by atoms with Gasteiger partial charge in [-0.1, -0.05) is 12.1 Å². The number of aliphatic hydroxyl groups is 1. The number of nitrogens with zero attached hydrogens (tertiary/aromatic N) is 2. The quantitative estimate of drug-likeness (QED) is 0.642. The molecule has 0 aromatic carbocycles. The molecule has 0 aliphatic carbocycles. The summed E-state index contributed by atoms with van der Waals surface area (Å²) in [5, 5.41) is 12.3. The van der Waals surface area contributed by atoms with E-state index in [2.05, 4.69) is 19.4 Å². The monoisotopic (exact) mass is 322 g/mol. The van der Waals surface area contributed by atoms with Crippen molar-refractivity contribution in [2.45, 2.75) is 37.7 Å². The van der Waals surface area contributed by atoms with Gasteiger partial charge in [0.15, 0.2) is 11.9 Å². The Morgan fingerprint density at radius 2 is 1.86 bits per heavy atom. The van der Waals surface area contributed by atoms with Crippen LogP contribution in [0.5, 0.6) is 0 Å². The summed E-state index contributed by atoms with van der Waals surface area (Å²) >= 11 is 0. The Morgan fingerprint density at radius 3 is 2.38 bits per heavy atom. The summed E-state index contributed by atoms with van der Waals surface area (Å²) in [7, 11) is 0. The van der Waals surface area contributed by atoms with E-state index in [-0.39, 0.29) is 18.9 Å². The fourth-order valence-corrected chi connectivity index (χ4v) is 1.32. The minimum absolute atomic E-state index is 0.103. The van der Waals surface area contributed by atoms with Gasteiger partial charge in [-0.2, -0.15) is 31.3 Å². The third-order valence-electron chi connectivity index (χ3n) is 2.42. The number of aromatic nitrogens is 2. The van der Waals surface area contributed by atoms with Gasteiger partial charge in [-0.05, 0) is 0 Å². The number of alkyl halides is 6. The Hall–Kier alpha value is -1.36. The smallest absolute Gasteiger partial charge is 0.383 e. The molecule has 11 heteroatoms. The zero-order valence-electron chi connectivity index (χ0n) is 10.7. The lowest BCUT2D eigenvalue weighted by molar-refractivity contribution is -0.210. The second-order valence-electron chi connectivity index (χ2n) is 4.24. The molecule has 2 unspecified atom stereocenters. The number of aliphatic hydroxyl groups excluding tert-OH is 1. The second kappa shape index (κ2) is 6.60. The van der Waals surface area contributed by atoms with Gasteiger partial charge >= 0.3 is 12.4 Å². The third-order valence-corrected chi connectivity index (χ3v) is 2.42. The molecule has 0 saturated carbocycles. The maximum Gasteiger partial charge on any atom is 0.415 e.